The maximum Gasteiger partial charge on any atom is 0.472 e. The molecule has 1 amide bonds. The van der Waals surface area contributed by atoms with E-state index in [9.17, 15) is 14.9 Å². The molecule has 1 unspecified atom stereocenters. The second kappa shape index (κ2) is 23.0. The van der Waals surface area contributed by atoms with Gasteiger partial charge in [0.25, 0.3) is 0 Å². The Kier molecular flexibility index (Phi) is 23.0. The molecule has 1 saturated heterocycles. The van der Waals surface area contributed by atoms with E-state index in [0.717, 1.165) is 12.5 Å². The molecule has 0 aliphatic carbocycles. The summed E-state index contributed by atoms with van der Waals surface area (Å²) >= 11 is 1.71. The zero-order valence-corrected chi connectivity index (χ0v) is 18.7. The molecule has 0 saturated carbocycles. The molecule has 30 heavy (non-hydrogen) atoms. The van der Waals surface area contributed by atoms with E-state index in [-0.39, 0.29) is 17.4 Å². The Hall–Kier alpha value is -2.27. The highest BCUT2D eigenvalue weighted by molar-refractivity contribution is 7.07. The van der Waals surface area contributed by atoms with Crippen LogP contribution in [-0.4, -0.2) is 54.1 Å². The van der Waals surface area contributed by atoms with Crippen molar-refractivity contribution in [2.45, 2.75) is 33.2 Å². The highest BCUT2D eigenvalue weighted by atomic mass is 32.1. The van der Waals surface area contributed by atoms with E-state index in [4.69, 9.17) is 10.0 Å². The van der Waals surface area contributed by atoms with Crippen molar-refractivity contribution in [1.29, 1.82) is 0 Å². The minimum Gasteiger partial charge on any atom is -0.426 e. The lowest BCUT2D eigenvalue weighted by Crippen LogP contribution is -2.29. The standard InChI is InChI=1S/C6H6.C4H8N2O2.C4H4S.C4H10.C2H6BNO3/c1-2-4-6-5-3-1;7-6(8)4-1-2-5-3-4;1-2-4-5-3-1;1-4(2)3;5-2-4-1-3(6)7/h1-6H;4-5H,1-3H2;1-4H;4H,1-3H3;2,6-7H,1H2,(H,4,5). The molecule has 1 fully saturated rings. The van der Waals surface area contributed by atoms with Crippen molar-refractivity contribution in [1.82, 2.24) is 10.6 Å². The fourth-order valence-corrected chi connectivity index (χ4v) is 2.04. The molecule has 8 nitrogen and oxygen atoms in total. The topological polar surface area (TPSA) is 125 Å². The number of hydrogen-bond donors (Lipinski definition) is 4. The van der Waals surface area contributed by atoms with Gasteiger partial charge in [-0.05, 0) is 16.7 Å². The van der Waals surface area contributed by atoms with E-state index in [1.165, 1.54) is 0 Å². The Labute approximate surface area is 183 Å². The molecule has 168 valence electrons. The number of thiophene rings is 1. The quantitative estimate of drug-likeness (QED) is 0.251. The smallest absolute Gasteiger partial charge is 0.426 e. The molecule has 0 bridgehead atoms. The summed E-state index contributed by atoms with van der Waals surface area (Å²) in [5.74, 6) is 0.833. The van der Waals surface area contributed by atoms with Crippen LogP contribution in [0.25, 0.3) is 0 Å². The summed E-state index contributed by atoms with van der Waals surface area (Å²) in [4.78, 5) is 19.1. The van der Waals surface area contributed by atoms with E-state index in [1.807, 2.05) is 59.3 Å². The molecule has 0 spiro atoms. The molecular formula is C20H34BN3O5S. The van der Waals surface area contributed by atoms with Gasteiger partial charge < -0.3 is 20.7 Å². The molecule has 2 aromatic rings. The molecule has 10 heteroatoms. The molecule has 1 aliphatic heterocycles. The largest absolute Gasteiger partial charge is 0.472 e. The third-order valence-corrected chi connectivity index (χ3v) is 3.44. The van der Waals surface area contributed by atoms with Crippen LogP contribution in [0.4, 0.5) is 0 Å². The van der Waals surface area contributed by atoms with Gasteiger partial charge in [0.05, 0.1) is 13.0 Å². The van der Waals surface area contributed by atoms with Crippen molar-refractivity contribution in [3.05, 3.63) is 69.4 Å². The Bertz CT molecular complexity index is 537. The van der Waals surface area contributed by atoms with Crippen LogP contribution in [0.5, 0.6) is 0 Å². The molecule has 1 aliphatic rings. The average Bonchev–Trinajstić information content (AvgIpc) is 3.45. The first-order chi connectivity index (χ1) is 14.3. The number of carbonyl (C=O) groups excluding carboxylic acids is 1. The molecule has 0 radical (unpaired) electrons. The van der Waals surface area contributed by atoms with E-state index in [0.29, 0.717) is 19.4 Å². The second-order valence-corrected chi connectivity index (χ2v) is 7.44. The maximum atomic E-state index is 9.97. The van der Waals surface area contributed by atoms with Crippen LogP contribution >= 0.6 is 11.3 Å². The number of hydrogen-bond acceptors (Lipinski definition) is 7. The first-order valence-electron chi connectivity index (χ1n) is 9.65. The number of benzene rings is 1. The Balaban J connectivity index is 0. The van der Waals surface area contributed by atoms with Gasteiger partial charge >= 0.3 is 7.12 Å². The van der Waals surface area contributed by atoms with E-state index in [2.05, 4.69) is 31.4 Å². The summed E-state index contributed by atoms with van der Waals surface area (Å²) in [6.45, 7) is 7.85. The van der Waals surface area contributed by atoms with Gasteiger partial charge in [0.15, 0.2) is 0 Å². The van der Waals surface area contributed by atoms with Gasteiger partial charge in [-0.2, -0.15) is 11.3 Å². The van der Waals surface area contributed by atoms with Gasteiger partial charge in [-0.1, -0.05) is 69.3 Å². The lowest BCUT2D eigenvalue weighted by molar-refractivity contribution is -0.517. The number of carbonyl (C=O) groups is 1. The first kappa shape index (κ1) is 29.9. The van der Waals surface area contributed by atoms with Crippen molar-refractivity contribution in [2.24, 2.45) is 5.92 Å². The summed E-state index contributed by atoms with van der Waals surface area (Å²) in [6, 6.07) is 15.7. The van der Waals surface area contributed by atoms with Crippen LogP contribution in [0.3, 0.4) is 0 Å². The molecule has 3 rings (SSSR count). The van der Waals surface area contributed by atoms with Gasteiger partial charge in [0, 0.05) is 17.9 Å². The van der Waals surface area contributed by atoms with Crippen molar-refractivity contribution in [3.8, 4) is 0 Å². The van der Waals surface area contributed by atoms with E-state index < -0.39 is 7.12 Å². The van der Waals surface area contributed by atoms with Gasteiger partial charge in [-0.15, -0.1) is 0 Å². The van der Waals surface area contributed by atoms with Gasteiger partial charge in [-0.3, -0.25) is 14.9 Å². The fourth-order valence-electron chi connectivity index (χ4n) is 1.58. The normalized spacial score (nSPS) is 13.5. The Morgan fingerprint density at radius 1 is 1.13 bits per heavy atom. The third-order valence-electron chi connectivity index (χ3n) is 2.81. The molecule has 1 aromatic carbocycles. The molecule has 2 heterocycles. The Morgan fingerprint density at radius 3 is 1.77 bits per heavy atom. The van der Waals surface area contributed by atoms with Gasteiger partial charge in [0.2, 0.25) is 12.5 Å². The summed E-state index contributed by atoms with van der Waals surface area (Å²) in [7, 11) is -1.44. The minimum absolute atomic E-state index is 0.108. The number of rotatable bonds is 4. The molecule has 4 N–H and O–H groups in total. The van der Waals surface area contributed by atoms with E-state index in [1.54, 1.807) is 11.3 Å². The van der Waals surface area contributed by atoms with Crippen molar-refractivity contribution < 1.29 is 19.8 Å². The van der Waals surface area contributed by atoms with E-state index >= 15 is 0 Å². The van der Waals surface area contributed by atoms with Crippen LogP contribution in [0.1, 0.15) is 27.2 Å². The van der Waals surface area contributed by atoms with Crippen LogP contribution in [0.15, 0.2) is 59.3 Å². The number of nitrogens with zero attached hydrogens (tertiary/aromatic N) is 1. The van der Waals surface area contributed by atoms with Crippen LogP contribution in [-0.2, 0) is 4.79 Å². The van der Waals surface area contributed by atoms with Crippen molar-refractivity contribution in [2.75, 3.05) is 19.5 Å². The third kappa shape index (κ3) is 27.9. The van der Waals surface area contributed by atoms with Crippen molar-refractivity contribution >= 4 is 24.9 Å². The summed E-state index contributed by atoms with van der Waals surface area (Å²) in [6.07, 6.45) is 0.982. The van der Waals surface area contributed by atoms with Crippen molar-refractivity contribution in [3.63, 3.8) is 0 Å². The predicted molar refractivity (Wildman–Crippen MR) is 124 cm³/mol. The average molecular weight is 439 g/mol. The summed E-state index contributed by atoms with van der Waals surface area (Å²) in [5.41, 5.74) is 0. The van der Waals surface area contributed by atoms with Gasteiger partial charge in [0.1, 0.15) is 0 Å². The number of amides is 1. The zero-order valence-electron chi connectivity index (χ0n) is 17.9. The van der Waals surface area contributed by atoms with Crippen LogP contribution in [0, 0.1) is 16.0 Å². The summed E-state index contributed by atoms with van der Waals surface area (Å²) < 4.78 is 0. The maximum absolute atomic E-state index is 9.97. The number of nitrogens with one attached hydrogen (secondary N) is 2. The lowest BCUT2D eigenvalue weighted by Gasteiger charge is -1.94. The zero-order chi connectivity index (χ0) is 23.0. The molecule has 1 atom stereocenters. The SMILES string of the molecule is CC(C)C.O=CNCB(O)O.O=[N+]([O-])C1CCNC1.c1ccccc1.c1ccsc1. The monoisotopic (exact) mass is 439 g/mol. The molecular weight excluding hydrogens is 405 g/mol. The number of nitro groups is 1. The lowest BCUT2D eigenvalue weighted by atomic mass is 9.93. The Morgan fingerprint density at radius 2 is 1.60 bits per heavy atom. The first-order valence-corrected chi connectivity index (χ1v) is 10.6. The fraction of sp³-hybridized carbons (Fsp3) is 0.450. The van der Waals surface area contributed by atoms with Gasteiger partial charge in [-0.25, -0.2) is 0 Å². The highest BCUT2D eigenvalue weighted by Crippen LogP contribution is 1.99. The van der Waals surface area contributed by atoms with Crippen LogP contribution in [0.2, 0.25) is 0 Å². The molecule has 1 aromatic heterocycles. The predicted octanol–water partition coefficient (Wildman–Crippen LogP) is 2.47. The highest BCUT2D eigenvalue weighted by Gasteiger charge is 2.23. The summed E-state index contributed by atoms with van der Waals surface area (Å²) in [5, 5.41) is 35.1. The minimum atomic E-state index is -1.44. The second-order valence-electron chi connectivity index (χ2n) is 6.62. The van der Waals surface area contributed by atoms with Crippen LogP contribution < -0.4 is 10.6 Å².